The highest BCUT2D eigenvalue weighted by Gasteiger charge is 2.31. The maximum Gasteiger partial charge on any atom is 0.573 e. The number of rotatable bonds is 14. The first-order valence-corrected chi connectivity index (χ1v) is 14.9. The average molecular weight is 608 g/mol. The van der Waals surface area contributed by atoms with Gasteiger partial charge < -0.3 is 4.74 Å². The molecule has 0 bridgehead atoms. The zero-order valence-electron chi connectivity index (χ0n) is 24.7. The molecule has 0 atom stereocenters. The number of unbranched alkanes of at least 4 members (excludes halogenated alkanes) is 2. The van der Waals surface area contributed by atoms with Gasteiger partial charge in [-0.05, 0) is 79.1 Å². The predicted molar refractivity (Wildman–Crippen MR) is 167 cm³/mol. The van der Waals surface area contributed by atoms with Crippen LogP contribution in [0.4, 0.5) is 13.2 Å². The van der Waals surface area contributed by atoms with Crippen LogP contribution in [0.3, 0.4) is 0 Å². The van der Waals surface area contributed by atoms with E-state index in [0.717, 1.165) is 41.7 Å². The summed E-state index contributed by atoms with van der Waals surface area (Å²) in [6, 6.07) is 19.9. The second kappa shape index (κ2) is 14.6. The zero-order valence-corrected chi connectivity index (χ0v) is 25.5. The van der Waals surface area contributed by atoms with Crippen LogP contribution in [0, 0.1) is 6.92 Å². The van der Waals surface area contributed by atoms with Gasteiger partial charge in [0.15, 0.2) is 5.82 Å². The van der Waals surface area contributed by atoms with Gasteiger partial charge in [-0.25, -0.2) is 9.67 Å². The molecule has 0 unspecified atom stereocenters. The molecular formula is C34H36F3N3O2S. The van der Waals surface area contributed by atoms with Crippen molar-refractivity contribution in [2.24, 2.45) is 0 Å². The van der Waals surface area contributed by atoms with E-state index in [9.17, 15) is 18.0 Å². The molecular weight excluding hydrogens is 571 g/mol. The highest BCUT2D eigenvalue weighted by molar-refractivity contribution is 7.80. The second-order valence-electron chi connectivity index (χ2n) is 11.1. The summed E-state index contributed by atoms with van der Waals surface area (Å²) in [7, 11) is 0. The van der Waals surface area contributed by atoms with E-state index in [-0.39, 0.29) is 11.5 Å². The molecule has 4 rings (SSSR count). The Morgan fingerprint density at radius 3 is 2.49 bits per heavy atom. The number of carbonyl (C=O) groups excluding carboxylic acids is 1. The summed E-state index contributed by atoms with van der Waals surface area (Å²) in [6.45, 7) is 6.43. The molecule has 0 aliphatic heterocycles. The fourth-order valence-corrected chi connectivity index (χ4v) is 5.36. The van der Waals surface area contributed by atoms with Crippen molar-refractivity contribution in [1.29, 1.82) is 0 Å². The normalized spacial score (nSPS) is 11.6. The van der Waals surface area contributed by atoms with E-state index in [4.69, 9.17) is 12.2 Å². The fraction of sp³-hybridized carbons (Fsp3) is 0.353. The lowest BCUT2D eigenvalue weighted by Gasteiger charge is -2.14. The SMILES string of the molecule is Cc1ccc(C(C)C)c(CC(=S)CC(=O)CCCCCc2cccc(-c3ncn(-c4ccc(OC(F)(F)F)cc4)n3)c2)c1. The first-order valence-electron chi connectivity index (χ1n) is 14.5. The second-order valence-corrected chi connectivity index (χ2v) is 11.7. The molecule has 0 saturated heterocycles. The van der Waals surface area contributed by atoms with Crippen LogP contribution >= 0.6 is 12.2 Å². The number of aryl methyl sites for hydroxylation is 2. The van der Waals surface area contributed by atoms with Crippen LogP contribution in [0.5, 0.6) is 5.75 Å². The Kier molecular flexibility index (Phi) is 10.9. The topological polar surface area (TPSA) is 57.0 Å². The number of hydrogen-bond donors (Lipinski definition) is 0. The third-order valence-electron chi connectivity index (χ3n) is 7.14. The van der Waals surface area contributed by atoms with Crippen molar-refractivity contribution in [2.45, 2.75) is 78.0 Å². The molecule has 4 aromatic rings. The summed E-state index contributed by atoms with van der Waals surface area (Å²) in [5, 5.41) is 4.49. The molecule has 0 aliphatic rings. The van der Waals surface area contributed by atoms with Crippen LogP contribution in [0.2, 0.25) is 0 Å². The van der Waals surface area contributed by atoms with Gasteiger partial charge in [-0.2, -0.15) is 0 Å². The molecule has 1 aromatic heterocycles. The Bertz CT molecular complexity index is 1550. The lowest BCUT2D eigenvalue weighted by Crippen LogP contribution is -2.17. The van der Waals surface area contributed by atoms with Crippen molar-refractivity contribution in [2.75, 3.05) is 0 Å². The monoisotopic (exact) mass is 607 g/mol. The maximum atomic E-state index is 12.6. The van der Waals surface area contributed by atoms with Crippen molar-refractivity contribution in [3.8, 4) is 22.8 Å². The molecule has 3 aromatic carbocycles. The van der Waals surface area contributed by atoms with Crippen LogP contribution in [-0.4, -0.2) is 31.8 Å². The van der Waals surface area contributed by atoms with Gasteiger partial charge in [-0.3, -0.25) is 4.79 Å². The number of ether oxygens (including phenoxy) is 1. The molecule has 5 nitrogen and oxygen atoms in total. The minimum Gasteiger partial charge on any atom is -0.406 e. The summed E-state index contributed by atoms with van der Waals surface area (Å²) in [5.74, 6) is 0.843. The van der Waals surface area contributed by atoms with Crippen molar-refractivity contribution in [1.82, 2.24) is 14.8 Å². The maximum absolute atomic E-state index is 12.6. The number of Topliss-reactive ketones (excluding diaryl/α,β-unsaturated/α-hetero) is 1. The average Bonchev–Trinajstić information content (AvgIpc) is 3.43. The summed E-state index contributed by atoms with van der Waals surface area (Å²) in [5.41, 5.74) is 6.29. The summed E-state index contributed by atoms with van der Waals surface area (Å²) in [4.78, 5) is 17.8. The number of benzene rings is 3. The molecule has 1 heterocycles. The first kappa shape index (κ1) is 32.1. The minimum atomic E-state index is -4.74. The Labute approximate surface area is 256 Å². The lowest BCUT2D eigenvalue weighted by molar-refractivity contribution is -0.274. The highest BCUT2D eigenvalue weighted by atomic mass is 32.1. The Morgan fingerprint density at radius 2 is 1.77 bits per heavy atom. The third kappa shape index (κ3) is 9.85. The van der Waals surface area contributed by atoms with Crippen LogP contribution < -0.4 is 4.74 Å². The molecule has 0 spiro atoms. The number of alkyl halides is 3. The van der Waals surface area contributed by atoms with E-state index in [1.807, 2.05) is 18.2 Å². The van der Waals surface area contributed by atoms with E-state index >= 15 is 0 Å². The van der Waals surface area contributed by atoms with E-state index in [1.54, 1.807) is 0 Å². The number of hydrogen-bond acceptors (Lipinski definition) is 5. The quantitative estimate of drug-likeness (QED) is 0.106. The standard InChI is InChI=1S/C34H36F3N3O2S/c1-23(2)32-17-12-24(3)18-27(32)20-31(43)21-29(41)11-6-4-5-8-25-9-7-10-26(19-25)33-38-22-40(39-33)28-13-15-30(16-14-28)42-34(35,36)37/h7,9-10,12-19,22-23H,4-6,8,11,20-21H2,1-3H3. The fourth-order valence-electron chi connectivity index (χ4n) is 5.05. The zero-order chi connectivity index (χ0) is 31.0. The molecule has 0 aliphatic carbocycles. The van der Waals surface area contributed by atoms with Crippen LogP contribution in [0.1, 0.15) is 74.1 Å². The van der Waals surface area contributed by atoms with Crippen molar-refractivity contribution >= 4 is 22.9 Å². The number of carbonyl (C=O) groups is 1. The molecule has 0 saturated carbocycles. The van der Waals surface area contributed by atoms with Crippen LogP contribution in [0.15, 0.2) is 73.1 Å². The summed E-state index contributed by atoms with van der Waals surface area (Å²) >= 11 is 5.60. The smallest absolute Gasteiger partial charge is 0.406 e. The van der Waals surface area contributed by atoms with Crippen molar-refractivity contribution < 1.29 is 22.7 Å². The van der Waals surface area contributed by atoms with Gasteiger partial charge in [0, 0.05) is 29.7 Å². The van der Waals surface area contributed by atoms with Crippen molar-refractivity contribution in [3.05, 3.63) is 95.3 Å². The number of ketones is 1. The van der Waals surface area contributed by atoms with Gasteiger partial charge in [-0.15, -0.1) is 18.3 Å². The molecule has 9 heteroatoms. The van der Waals surface area contributed by atoms with E-state index < -0.39 is 6.36 Å². The summed E-state index contributed by atoms with van der Waals surface area (Å²) in [6.07, 6.45) is 1.95. The number of thiocarbonyl (C=S) groups is 1. The van der Waals surface area contributed by atoms with Crippen LogP contribution in [-0.2, 0) is 17.6 Å². The number of nitrogens with zero attached hydrogens (tertiary/aromatic N) is 3. The first-order chi connectivity index (χ1) is 20.5. The Balaban J connectivity index is 1.22. The number of halogens is 3. The van der Waals surface area contributed by atoms with E-state index in [1.165, 1.54) is 52.0 Å². The van der Waals surface area contributed by atoms with Crippen molar-refractivity contribution in [3.63, 3.8) is 0 Å². The molecule has 43 heavy (non-hydrogen) atoms. The van der Waals surface area contributed by atoms with Gasteiger partial charge in [-0.1, -0.05) is 74.4 Å². The molecule has 226 valence electrons. The Morgan fingerprint density at radius 1 is 1.00 bits per heavy atom. The Hall–Kier alpha value is -3.85. The van der Waals surface area contributed by atoms with Gasteiger partial charge in [0.05, 0.1) is 5.69 Å². The van der Waals surface area contributed by atoms with E-state index in [0.29, 0.717) is 36.7 Å². The minimum absolute atomic E-state index is 0.204. The van der Waals surface area contributed by atoms with Gasteiger partial charge >= 0.3 is 6.36 Å². The molecule has 0 fully saturated rings. The predicted octanol–water partition coefficient (Wildman–Crippen LogP) is 8.94. The summed E-state index contributed by atoms with van der Waals surface area (Å²) < 4.78 is 42.7. The van der Waals surface area contributed by atoms with Crippen LogP contribution in [0.25, 0.3) is 17.1 Å². The largest absolute Gasteiger partial charge is 0.573 e. The lowest BCUT2D eigenvalue weighted by atomic mass is 9.92. The van der Waals surface area contributed by atoms with E-state index in [2.05, 4.69) is 59.9 Å². The van der Waals surface area contributed by atoms with Gasteiger partial charge in [0.2, 0.25) is 0 Å². The van der Waals surface area contributed by atoms with Gasteiger partial charge in [0.1, 0.15) is 17.9 Å². The molecule has 0 radical (unpaired) electrons. The molecule has 0 amide bonds. The van der Waals surface area contributed by atoms with Gasteiger partial charge in [0.25, 0.3) is 0 Å². The highest BCUT2D eigenvalue weighted by Crippen LogP contribution is 2.25. The number of aromatic nitrogens is 3. The third-order valence-corrected chi connectivity index (χ3v) is 7.42. The molecule has 0 N–H and O–H groups in total.